The molecule has 1 rings (SSSR count). The molecule has 0 aliphatic rings. The van der Waals surface area contributed by atoms with Gasteiger partial charge in [-0.05, 0) is 30.7 Å². The van der Waals surface area contributed by atoms with E-state index >= 15 is 0 Å². The molecule has 1 aromatic rings. The molecule has 19 heavy (non-hydrogen) atoms. The molecule has 1 aromatic carbocycles. The van der Waals surface area contributed by atoms with Crippen LogP contribution in [0.3, 0.4) is 0 Å². The summed E-state index contributed by atoms with van der Waals surface area (Å²) in [4.78, 5) is 12.0. The minimum absolute atomic E-state index is 0.321. The third-order valence-corrected chi connectivity index (χ3v) is 3.22. The van der Waals surface area contributed by atoms with Crippen LogP contribution in [0.4, 0.5) is 0 Å². The Labute approximate surface area is 121 Å². The average Bonchev–Trinajstić information content (AvgIpc) is 2.41. The average molecular weight is 328 g/mol. The number of carbonyl (C=O) groups is 1. The summed E-state index contributed by atoms with van der Waals surface area (Å²) >= 11 is 3.44. The highest BCUT2D eigenvalue weighted by atomic mass is 79.9. The zero-order valence-electron chi connectivity index (χ0n) is 11.1. The molecule has 0 aliphatic carbocycles. The maximum absolute atomic E-state index is 12.0. The smallest absolute Gasteiger partial charge is 0.327 e. The van der Waals surface area contributed by atoms with Crippen LogP contribution in [0.2, 0.25) is 0 Å². The Morgan fingerprint density at radius 1 is 1.58 bits per heavy atom. The van der Waals surface area contributed by atoms with Crippen LogP contribution in [0.15, 0.2) is 35.3 Å². The van der Waals surface area contributed by atoms with Gasteiger partial charge < -0.3 is 9.47 Å². The van der Waals surface area contributed by atoms with Crippen molar-refractivity contribution in [1.82, 2.24) is 5.32 Å². The summed E-state index contributed by atoms with van der Waals surface area (Å²) in [6.45, 7) is 6.26. The van der Waals surface area contributed by atoms with Crippen LogP contribution in [-0.4, -0.2) is 26.2 Å². The minimum Gasteiger partial charge on any atom is -0.497 e. The normalized spacial score (nSPS) is 11.7. The number of hydrogen-bond acceptors (Lipinski definition) is 4. The highest BCUT2D eigenvalue weighted by Crippen LogP contribution is 2.28. The molecule has 0 spiro atoms. The summed E-state index contributed by atoms with van der Waals surface area (Å²) < 4.78 is 11.1. The zero-order valence-corrected chi connectivity index (χ0v) is 12.7. The second-order valence-corrected chi connectivity index (χ2v) is 4.62. The highest BCUT2D eigenvalue weighted by molar-refractivity contribution is 9.10. The van der Waals surface area contributed by atoms with Crippen molar-refractivity contribution in [3.05, 3.63) is 40.9 Å². The summed E-state index contributed by atoms with van der Waals surface area (Å²) in [7, 11) is 1.59. The summed E-state index contributed by atoms with van der Waals surface area (Å²) in [5, 5.41) is 3.08. The van der Waals surface area contributed by atoms with Crippen molar-refractivity contribution in [3.8, 4) is 5.75 Å². The molecule has 104 valence electrons. The second kappa shape index (κ2) is 7.96. The van der Waals surface area contributed by atoms with Gasteiger partial charge in [0.2, 0.25) is 0 Å². The Bertz CT molecular complexity index is 448. The Hall–Kier alpha value is -1.33. The molecule has 1 atom stereocenters. The van der Waals surface area contributed by atoms with E-state index in [9.17, 15) is 4.79 Å². The van der Waals surface area contributed by atoms with Crippen LogP contribution in [0.25, 0.3) is 0 Å². The molecule has 0 radical (unpaired) electrons. The molecule has 1 N–H and O–H groups in total. The summed E-state index contributed by atoms with van der Waals surface area (Å²) in [5.74, 6) is 0.367. The van der Waals surface area contributed by atoms with Crippen LogP contribution >= 0.6 is 15.9 Å². The molecule has 0 heterocycles. The van der Waals surface area contributed by atoms with E-state index in [0.29, 0.717) is 18.9 Å². The monoisotopic (exact) mass is 327 g/mol. The summed E-state index contributed by atoms with van der Waals surface area (Å²) in [5.41, 5.74) is 0.777. The van der Waals surface area contributed by atoms with E-state index in [-0.39, 0.29) is 5.97 Å². The summed E-state index contributed by atoms with van der Waals surface area (Å²) in [6.07, 6.45) is 1.69. The molecule has 0 bridgehead atoms. The Morgan fingerprint density at radius 3 is 2.89 bits per heavy atom. The Kier molecular flexibility index (Phi) is 6.59. The molecular formula is C14H18BrNO3. The van der Waals surface area contributed by atoms with E-state index in [1.165, 1.54) is 0 Å². The van der Waals surface area contributed by atoms with Gasteiger partial charge in [0.25, 0.3) is 0 Å². The lowest BCUT2D eigenvalue weighted by Gasteiger charge is -2.18. The van der Waals surface area contributed by atoms with Crippen molar-refractivity contribution in [2.45, 2.75) is 13.0 Å². The lowest BCUT2D eigenvalue weighted by molar-refractivity contribution is -0.145. The van der Waals surface area contributed by atoms with Gasteiger partial charge in [0, 0.05) is 11.0 Å². The fourth-order valence-electron chi connectivity index (χ4n) is 1.62. The highest BCUT2D eigenvalue weighted by Gasteiger charge is 2.23. The van der Waals surface area contributed by atoms with E-state index < -0.39 is 6.04 Å². The standard InChI is InChI=1S/C14H18BrNO3/c1-4-8-16-13(14(17)19-5-2)11-9-10(18-3)6-7-12(11)15/h4,6-7,9,13,16H,1,5,8H2,2-3H3. The quantitative estimate of drug-likeness (QED) is 0.618. The van der Waals surface area contributed by atoms with Crippen LogP contribution in [0, 0.1) is 0 Å². The number of benzene rings is 1. The molecule has 1 unspecified atom stereocenters. The van der Waals surface area contributed by atoms with Crippen LogP contribution in [-0.2, 0) is 9.53 Å². The van der Waals surface area contributed by atoms with E-state index in [1.54, 1.807) is 20.1 Å². The van der Waals surface area contributed by atoms with Gasteiger partial charge in [-0.3, -0.25) is 5.32 Å². The molecular weight excluding hydrogens is 310 g/mol. The van der Waals surface area contributed by atoms with E-state index in [2.05, 4.69) is 27.8 Å². The maximum atomic E-state index is 12.0. The van der Waals surface area contributed by atoms with Gasteiger partial charge in [-0.15, -0.1) is 6.58 Å². The van der Waals surface area contributed by atoms with Crippen LogP contribution < -0.4 is 10.1 Å². The van der Waals surface area contributed by atoms with Gasteiger partial charge in [-0.2, -0.15) is 0 Å². The molecule has 0 fully saturated rings. The molecule has 5 heteroatoms. The molecule has 0 aliphatic heterocycles. The number of nitrogens with one attached hydrogen (secondary N) is 1. The van der Waals surface area contributed by atoms with Crippen molar-refractivity contribution in [3.63, 3.8) is 0 Å². The van der Waals surface area contributed by atoms with E-state index in [0.717, 1.165) is 10.0 Å². The van der Waals surface area contributed by atoms with Gasteiger partial charge in [-0.25, -0.2) is 4.79 Å². The van der Waals surface area contributed by atoms with E-state index in [4.69, 9.17) is 9.47 Å². The predicted octanol–water partition coefficient (Wildman–Crippen LogP) is 2.84. The first-order valence-electron chi connectivity index (χ1n) is 5.98. The first-order chi connectivity index (χ1) is 9.13. The topological polar surface area (TPSA) is 47.6 Å². The number of ether oxygens (including phenoxy) is 2. The number of carbonyl (C=O) groups excluding carboxylic acids is 1. The molecule has 0 saturated carbocycles. The van der Waals surface area contributed by atoms with Gasteiger partial charge in [0.15, 0.2) is 0 Å². The van der Waals surface area contributed by atoms with Crippen molar-refractivity contribution >= 4 is 21.9 Å². The van der Waals surface area contributed by atoms with Gasteiger partial charge >= 0.3 is 5.97 Å². The van der Waals surface area contributed by atoms with Crippen molar-refractivity contribution in [2.24, 2.45) is 0 Å². The Balaban J connectivity index is 3.07. The van der Waals surface area contributed by atoms with Crippen molar-refractivity contribution < 1.29 is 14.3 Å². The lowest BCUT2D eigenvalue weighted by atomic mass is 10.1. The largest absolute Gasteiger partial charge is 0.497 e. The third kappa shape index (κ3) is 4.36. The number of methoxy groups -OCH3 is 1. The van der Waals surface area contributed by atoms with Crippen molar-refractivity contribution in [2.75, 3.05) is 20.3 Å². The number of esters is 1. The summed E-state index contributed by atoms with van der Waals surface area (Å²) in [6, 6.07) is 4.92. The first kappa shape index (κ1) is 15.7. The number of halogens is 1. The molecule has 4 nitrogen and oxygen atoms in total. The van der Waals surface area contributed by atoms with E-state index in [1.807, 2.05) is 18.2 Å². The fourth-order valence-corrected chi connectivity index (χ4v) is 2.09. The second-order valence-electron chi connectivity index (χ2n) is 3.77. The lowest BCUT2D eigenvalue weighted by Crippen LogP contribution is -2.30. The number of rotatable bonds is 7. The van der Waals surface area contributed by atoms with Crippen LogP contribution in [0.1, 0.15) is 18.5 Å². The fraction of sp³-hybridized carbons (Fsp3) is 0.357. The zero-order chi connectivity index (χ0) is 14.3. The van der Waals surface area contributed by atoms with Crippen LogP contribution in [0.5, 0.6) is 5.75 Å². The first-order valence-corrected chi connectivity index (χ1v) is 6.77. The third-order valence-electron chi connectivity index (χ3n) is 2.50. The minimum atomic E-state index is -0.553. The van der Waals surface area contributed by atoms with Gasteiger partial charge in [0.05, 0.1) is 13.7 Å². The molecule has 0 amide bonds. The van der Waals surface area contributed by atoms with Crippen molar-refractivity contribution in [1.29, 1.82) is 0 Å². The van der Waals surface area contributed by atoms with Gasteiger partial charge in [-0.1, -0.05) is 22.0 Å². The molecule has 0 saturated heterocycles. The SMILES string of the molecule is C=CCNC(C(=O)OCC)c1cc(OC)ccc1Br. The Morgan fingerprint density at radius 2 is 2.32 bits per heavy atom. The molecule has 0 aromatic heterocycles. The predicted molar refractivity (Wildman–Crippen MR) is 78.3 cm³/mol. The maximum Gasteiger partial charge on any atom is 0.327 e. The van der Waals surface area contributed by atoms with Gasteiger partial charge in [0.1, 0.15) is 11.8 Å². The number of hydrogen-bond donors (Lipinski definition) is 1.